The van der Waals surface area contributed by atoms with Crippen LogP contribution in [0.3, 0.4) is 0 Å². The average molecular weight is 358 g/mol. The van der Waals surface area contributed by atoms with Crippen molar-refractivity contribution in [1.29, 1.82) is 0 Å². The van der Waals surface area contributed by atoms with Gasteiger partial charge in [-0.15, -0.1) is 0 Å². The first-order valence-electron chi connectivity index (χ1n) is 7.89. The van der Waals surface area contributed by atoms with Crippen LogP contribution < -0.4 is 15.4 Å². The number of aromatic nitrogens is 2. The SMILES string of the molecule is COC(=O)c1c(NC(=O)CC2Oc3ccccc3NC2=O)c(C)nn1C. The molecule has 2 heterocycles. The van der Waals surface area contributed by atoms with E-state index in [-0.39, 0.29) is 17.8 Å². The number of rotatable bonds is 4. The monoisotopic (exact) mass is 358 g/mol. The van der Waals surface area contributed by atoms with E-state index in [1.54, 1.807) is 38.2 Å². The fraction of sp³-hybridized carbons (Fsp3) is 0.294. The van der Waals surface area contributed by atoms with Crippen molar-refractivity contribution >= 4 is 29.2 Å². The quantitative estimate of drug-likeness (QED) is 0.796. The van der Waals surface area contributed by atoms with E-state index >= 15 is 0 Å². The molecule has 0 spiro atoms. The van der Waals surface area contributed by atoms with Gasteiger partial charge in [0, 0.05) is 7.05 Å². The number of anilines is 2. The van der Waals surface area contributed by atoms with Crippen LogP contribution in [-0.4, -0.2) is 40.8 Å². The molecule has 1 unspecified atom stereocenters. The van der Waals surface area contributed by atoms with Gasteiger partial charge in [-0.05, 0) is 19.1 Å². The molecule has 0 fully saturated rings. The molecular formula is C17H18N4O5. The summed E-state index contributed by atoms with van der Waals surface area (Å²) in [5, 5.41) is 9.44. The standard InChI is InChI=1S/C17H18N4O5/c1-9-14(15(17(24)25-3)21(2)20-9)19-13(22)8-12-16(23)18-10-6-4-5-7-11(10)26-12/h4-7,12H,8H2,1-3H3,(H,18,23)(H,19,22). The minimum absolute atomic E-state index is 0.123. The molecule has 1 aliphatic rings. The highest BCUT2D eigenvalue weighted by molar-refractivity contribution is 6.04. The van der Waals surface area contributed by atoms with Crippen LogP contribution in [0.4, 0.5) is 11.4 Å². The predicted octanol–water partition coefficient (Wildman–Crippen LogP) is 1.24. The number of carbonyl (C=O) groups is 3. The maximum atomic E-state index is 12.4. The molecule has 26 heavy (non-hydrogen) atoms. The van der Waals surface area contributed by atoms with Gasteiger partial charge in [-0.2, -0.15) is 5.10 Å². The summed E-state index contributed by atoms with van der Waals surface area (Å²) in [4.78, 5) is 36.4. The van der Waals surface area contributed by atoms with Crippen molar-refractivity contribution in [3.63, 3.8) is 0 Å². The number of aryl methyl sites for hydroxylation is 2. The number of hydrogen-bond donors (Lipinski definition) is 2. The van der Waals surface area contributed by atoms with E-state index < -0.39 is 23.9 Å². The number of carbonyl (C=O) groups excluding carboxylic acids is 3. The van der Waals surface area contributed by atoms with Crippen molar-refractivity contribution < 1.29 is 23.9 Å². The van der Waals surface area contributed by atoms with E-state index in [4.69, 9.17) is 9.47 Å². The number of hydrogen-bond acceptors (Lipinski definition) is 6. The summed E-state index contributed by atoms with van der Waals surface area (Å²) in [5.41, 5.74) is 1.39. The lowest BCUT2D eigenvalue weighted by Gasteiger charge is -2.25. The van der Waals surface area contributed by atoms with E-state index in [1.165, 1.54) is 11.8 Å². The maximum absolute atomic E-state index is 12.4. The van der Waals surface area contributed by atoms with Gasteiger partial charge in [0.25, 0.3) is 5.91 Å². The highest BCUT2D eigenvalue weighted by Crippen LogP contribution is 2.30. The second kappa shape index (κ2) is 6.87. The smallest absolute Gasteiger partial charge is 0.358 e. The van der Waals surface area contributed by atoms with Gasteiger partial charge in [0.05, 0.1) is 30.6 Å². The second-order valence-electron chi connectivity index (χ2n) is 5.77. The van der Waals surface area contributed by atoms with E-state index in [0.717, 1.165) is 0 Å². The van der Waals surface area contributed by atoms with Gasteiger partial charge in [0.2, 0.25) is 5.91 Å². The third-order valence-corrected chi connectivity index (χ3v) is 3.94. The van der Waals surface area contributed by atoms with Crippen LogP contribution in [0.15, 0.2) is 24.3 Å². The van der Waals surface area contributed by atoms with Crippen molar-refractivity contribution in [2.24, 2.45) is 7.05 Å². The van der Waals surface area contributed by atoms with Gasteiger partial charge in [-0.1, -0.05) is 12.1 Å². The van der Waals surface area contributed by atoms with Gasteiger partial charge in [0.1, 0.15) is 5.75 Å². The van der Waals surface area contributed by atoms with Gasteiger partial charge in [0.15, 0.2) is 11.8 Å². The first-order valence-corrected chi connectivity index (χ1v) is 7.89. The van der Waals surface area contributed by atoms with Crippen LogP contribution in [0.5, 0.6) is 5.75 Å². The number of nitrogens with zero attached hydrogens (tertiary/aromatic N) is 2. The number of methoxy groups -OCH3 is 1. The largest absolute Gasteiger partial charge is 0.478 e. The topological polar surface area (TPSA) is 112 Å². The van der Waals surface area contributed by atoms with E-state index in [2.05, 4.69) is 15.7 Å². The molecule has 2 N–H and O–H groups in total. The minimum atomic E-state index is -0.969. The zero-order valence-corrected chi connectivity index (χ0v) is 14.5. The van der Waals surface area contributed by atoms with Crippen LogP contribution in [0.1, 0.15) is 22.6 Å². The first-order chi connectivity index (χ1) is 12.4. The van der Waals surface area contributed by atoms with E-state index in [0.29, 0.717) is 17.1 Å². The number of amides is 2. The number of benzene rings is 1. The fourth-order valence-corrected chi connectivity index (χ4v) is 2.72. The van der Waals surface area contributed by atoms with Crippen LogP contribution in [0.25, 0.3) is 0 Å². The zero-order valence-electron chi connectivity index (χ0n) is 14.5. The maximum Gasteiger partial charge on any atom is 0.358 e. The molecule has 0 aliphatic carbocycles. The van der Waals surface area contributed by atoms with E-state index in [1.807, 2.05) is 0 Å². The van der Waals surface area contributed by atoms with Gasteiger partial charge >= 0.3 is 5.97 Å². The highest BCUT2D eigenvalue weighted by Gasteiger charge is 2.30. The Bertz CT molecular complexity index is 889. The van der Waals surface area contributed by atoms with Crippen LogP contribution in [0, 0.1) is 6.92 Å². The van der Waals surface area contributed by atoms with Crippen LogP contribution in [-0.2, 0) is 21.4 Å². The number of para-hydroxylation sites is 2. The Labute approximate surface area is 149 Å². The third kappa shape index (κ3) is 3.23. The van der Waals surface area contributed by atoms with E-state index in [9.17, 15) is 14.4 Å². The summed E-state index contributed by atoms with van der Waals surface area (Å²) in [6, 6.07) is 6.97. The second-order valence-corrected chi connectivity index (χ2v) is 5.77. The van der Waals surface area contributed by atoms with Crippen molar-refractivity contribution in [2.75, 3.05) is 17.7 Å². The molecule has 2 aromatic rings. The number of nitrogens with one attached hydrogen (secondary N) is 2. The molecule has 2 amide bonds. The van der Waals surface area contributed by atoms with Gasteiger partial charge in [-0.3, -0.25) is 14.3 Å². The molecule has 0 saturated heterocycles. The molecule has 1 aromatic carbocycles. The lowest BCUT2D eigenvalue weighted by atomic mass is 10.1. The highest BCUT2D eigenvalue weighted by atomic mass is 16.5. The Balaban J connectivity index is 1.74. The lowest BCUT2D eigenvalue weighted by Crippen LogP contribution is -2.39. The van der Waals surface area contributed by atoms with Crippen molar-refractivity contribution in [3.05, 3.63) is 35.7 Å². The molecule has 136 valence electrons. The molecule has 0 saturated carbocycles. The molecule has 0 bridgehead atoms. The number of esters is 1. The summed E-state index contributed by atoms with van der Waals surface area (Å²) in [7, 11) is 2.82. The predicted molar refractivity (Wildman–Crippen MR) is 92.0 cm³/mol. The Morgan fingerprint density at radius 3 is 2.85 bits per heavy atom. The lowest BCUT2D eigenvalue weighted by molar-refractivity contribution is -0.128. The summed E-state index contributed by atoms with van der Waals surface area (Å²) >= 11 is 0. The number of fused-ring (bicyclic) bond motifs is 1. The minimum Gasteiger partial charge on any atom is -0.478 e. The Morgan fingerprint density at radius 2 is 2.12 bits per heavy atom. The normalized spacial score (nSPS) is 15.5. The molecule has 1 atom stereocenters. The van der Waals surface area contributed by atoms with Crippen molar-refractivity contribution in [2.45, 2.75) is 19.4 Å². The molecular weight excluding hydrogens is 340 g/mol. The fourth-order valence-electron chi connectivity index (χ4n) is 2.72. The third-order valence-electron chi connectivity index (χ3n) is 3.94. The van der Waals surface area contributed by atoms with Crippen LogP contribution in [0.2, 0.25) is 0 Å². The summed E-state index contributed by atoms with van der Waals surface area (Å²) in [6.45, 7) is 1.65. The Hall–Kier alpha value is -3.36. The summed E-state index contributed by atoms with van der Waals surface area (Å²) in [6.07, 6.45) is -1.18. The first kappa shape index (κ1) is 17.5. The van der Waals surface area contributed by atoms with Crippen LogP contribution >= 0.6 is 0 Å². The molecule has 0 radical (unpaired) electrons. The Morgan fingerprint density at radius 1 is 1.38 bits per heavy atom. The molecule has 9 nitrogen and oxygen atoms in total. The summed E-state index contributed by atoms with van der Waals surface area (Å²) < 4.78 is 11.7. The van der Waals surface area contributed by atoms with Gasteiger partial charge in [-0.25, -0.2) is 4.79 Å². The van der Waals surface area contributed by atoms with Crippen molar-refractivity contribution in [1.82, 2.24) is 9.78 Å². The summed E-state index contributed by atoms with van der Waals surface area (Å²) in [5.74, 6) is -1.01. The Kier molecular flexibility index (Phi) is 4.61. The molecule has 9 heteroatoms. The van der Waals surface area contributed by atoms with Crippen molar-refractivity contribution in [3.8, 4) is 5.75 Å². The molecule has 1 aromatic heterocycles. The number of ether oxygens (including phenoxy) is 2. The molecule has 3 rings (SSSR count). The van der Waals surface area contributed by atoms with Gasteiger partial charge < -0.3 is 20.1 Å². The average Bonchev–Trinajstić information content (AvgIpc) is 2.88. The zero-order chi connectivity index (χ0) is 18.8. The molecule has 1 aliphatic heterocycles.